The molecule has 0 aliphatic heterocycles. The Labute approximate surface area is 137 Å². The van der Waals surface area contributed by atoms with E-state index in [1.165, 1.54) is 0 Å². The van der Waals surface area contributed by atoms with Gasteiger partial charge < -0.3 is 15.4 Å². The number of rotatable bonds is 7. The van der Waals surface area contributed by atoms with Crippen molar-refractivity contribution in [1.29, 1.82) is 0 Å². The molecule has 8 heteroatoms. The van der Waals surface area contributed by atoms with Gasteiger partial charge in [0.05, 0.1) is 5.75 Å². The summed E-state index contributed by atoms with van der Waals surface area (Å²) in [5, 5.41) is 10.9. The molecule has 4 N–H and O–H groups in total. The highest BCUT2D eigenvalue weighted by molar-refractivity contribution is 7.88. The fourth-order valence-corrected chi connectivity index (χ4v) is 2.43. The van der Waals surface area contributed by atoms with Crippen molar-refractivity contribution in [1.82, 2.24) is 5.32 Å². The first-order valence-corrected chi connectivity index (χ1v) is 9.07. The Hall–Kier alpha value is -1.80. The Morgan fingerprint density at radius 3 is 2.30 bits per heavy atom. The fourth-order valence-electron chi connectivity index (χ4n) is 1.78. The number of nitrogens with two attached hydrogens (primary N) is 1. The molecule has 0 atom stereocenters. The van der Waals surface area contributed by atoms with Crippen molar-refractivity contribution in [3.05, 3.63) is 29.8 Å². The first kappa shape index (κ1) is 19.2. The Bertz CT molecular complexity index is 607. The van der Waals surface area contributed by atoms with Crippen molar-refractivity contribution in [3.63, 3.8) is 0 Å². The van der Waals surface area contributed by atoms with Crippen LogP contribution in [-0.4, -0.2) is 33.2 Å². The molecule has 0 radical (unpaired) electrons. The van der Waals surface area contributed by atoms with Crippen molar-refractivity contribution in [2.24, 2.45) is 5.14 Å². The van der Waals surface area contributed by atoms with Gasteiger partial charge in [0.1, 0.15) is 5.60 Å². The van der Waals surface area contributed by atoms with Gasteiger partial charge in [0.2, 0.25) is 10.0 Å². The molecule has 1 rings (SSSR count). The lowest BCUT2D eigenvalue weighted by Crippen LogP contribution is -2.33. The molecule has 0 fully saturated rings. The topological polar surface area (TPSA) is 111 Å². The quantitative estimate of drug-likeness (QED) is 0.654. The summed E-state index contributed by atoms with van der Waals surface area (Å²) in [7, 11) is -3.51. The minimum Gasteiger partial charge on any atom is -0.444 e. The second kappa shape index (κ2) is 8.16. The van der Waals surface area contributed by atoms with Gasteiger partial charge in [-0.15, -0.1) is 0 Å². The summed E-state index contributed by atoms with van der Waals surface area (Å²) in [6, 6.07) is 7.01. The summed E-state index contributed by atoms with van der Waals surface area (Å²) in [6.07, 6.45) is 0.308. The largest absolute Gasteiger partial charge is 0.444 e. The van der Waals surface area contributed by atoms with Crippen LogP contribution in [0.3, 0.4) is 0 Å². The maximum absolute atomic E-state index is 11.4. The number of benzene rings is 1. The number of alkyl carbamates (subject to hydrolysis) is 1. The zero-order valence-electron chi connectivity index (χ0n) is 13.8. The van der Waals surface area contributed by atoms with Gasteiger partial charge >= 0.3 is 6.09 Å². The second-order valence-corrected chi connectivity index (χ2v) is 7.83. The molecule has 0 saturated carbocycles. The molecule has 0 aliphatic carbocycles. The van der Waals surface area contributed by atoms with Crippen molar-refractivity contribution in [2.75, 3.05) is 18.4 Å². The predicted molar refractivity (Wildman–Crippen MR) is 90.6 cm³/mol. The van der Waals surface area contributed by atoms with Crippen LogP contribution in [0.15, 0.2) is 24.3 Å². The van der Waals surface area contributed by atoms with Crippen LogP contribution in [0, 0.1) is 0 Å². The molecular formula is C15H25N3O4S. The zero-order chi connectivity index (χ0) is 17.5. The Morgan fingerprint density at radius 2 is 1.78 bits per heavy atom. The van der Waals surface area contributed by atoms with Crippen LogP contribution in [0.4, 0.5) is 10.5 Å². The molecule has 0 bridgehead atoms. The van der Waals surface area contributed by atoms with Gasteiger partial charge in [0.15, 0.2) is 0 Å². The number of carbonyl (C=O) groups is 1. The van der Waals surface area contributed by atoms with Crippen LogP contribution in [0.2, 0.25) is 0 Å². The second-order valence-electron chi connectivity index (χ2n) is 6.21. The number of anilines is 1. The molecule has 0 spiro atoms. The van der Waals surface area contributed by atoms with Crippen molar-refractivity contribution in [3.8, 4) is 0 Å². The monoisotopic (exact) mass is 343 g/mol. The highest BCUT2D eigenvalue weighted by atomic mass is 32.2. The smallest absolute Gasteiger partial charge is 0.407 e. The number of hydrogen-bond donors (Lipinski definition) is 3. The van der Waals surface area contributed by atoms with Crippen molar-refractivity contribution < 1.29 is 17.9 Å². The maximum atomic E-state index is 11.4. The molecule has 0 unspecified atom stereocenters. The zero-order valence-corrected chi connectivity index (χ0v) is 14.6. The average molecular weight is 343 g/mol. The molecule has 1 amide bonds. The molecular weight excluding hydrogens is 318 g/mol. The SMILES string of the molecule is CC(C)(C)OC(=O)NCCCNc1ccc(CS(N)(=O)=O)cc1. The van der Waals surface area contributed by atoms with E-state index in [9.17, 15) is 13.2 Å². The van der Waals surface area contributed by atoms with Crippen LogP contribution in [-0.2, 0) is 20.5 Å². The minimum atomic E-state index is -3.51. The van der Waals surface area contributed by atoms with E-state index in [1.54, 1.807) is 24.3 Å². The Kier molecular flexibility index (Phi) is 6.83. The maximum Gasteiger partial charge on any atom is 0.407 e. The van der Waals surface area contributed by atoms with Crippen LogP contribution < -0.4 is 15.8 Å². The number of nitrogens with one attached hydrogen (secondary N) is 2. The number of amides is 1. The number of sulfonamides is 1. The van der Waals surface area contributed by atoms with Gasteiger partial charge in [-0.3, -0.25) is 0 Å². The van der Waals surface area contributed by atoms with Gasteiger partial charge in [-0.2, -0.15) is 0 Å². The molecule has 1 aromatic rings. The molecule has 0 heterocycles. The lowest BCUT2D eigenvalue weighted by Gasteiger charge is -2.19. The number of hydrogen-bond acceptors (Lipinski definition) is 5. The van der Waals surface area contributed by atoms with E-state index in [1.807, 2.05) is 20.8 Å². The normalized spacial score (nSPS) is 11.8. The van der Waals surface area contributed by atoms with E-state index in [0.29, 0.717) is 18.7 Å². The average Bonchev–Trinajstić information content (AvgIpc) is 2.36. The number of primary sulfonamides is 1. The lowest BCUT2D eigenvalue weighted by atomic mass is 10.2. The van der Waals surface area contributed by atoms with E-state index in [2.05, 4.69) is 10.6 Å². The summed E-state index contributed by atoms with van der Waals surface area (Å²) >= 11 is 0. The number of ether oxygens (including phenoxy) is 1. The third kappa shape index (κ3) is 9.75. The highest BCUT2D eigenvalue weighted by Crippen LogP contribution is 2.11. The lowest BCUT2D eigenvalue weighted by molar-refractivity contribution is 0.0528. The van der Waals surface area contributed by atoms with Crippen molar-refractivity contribution >= 4 is 21.8 Å². The van der Waals surface area contributed by atoms with E-state index < -0.39 is 21.7 Å². The van der Waals surface area contributed by atoms with Gasteiger partial charge in [0, 0.05) is 18.8 Å². The molecule has 1 aromatic carbocycles. The van der Waals surface area contributed by atoms with Crippen LogP contribution in [0.5, 0.6) is 0 Å². The third-order valence-corrected chi connectivity index (χ3v) is 3.41. The van der Waals surface area contributed by atoms with Gasteiger partial charge in [-0.05, 0) is 44.9 Å². The van der Waals surface area contributed by atoms with E-state index >= 15 is 0 Å². The van der Waals surface area contributed by atoms with Gasteiger partial charge in [-0.25, -0.2) is 18.4 Å². The standard InChI is InChI=1S/C15H25N3O4S/c1-15(2,3)22-14(19)18-10-4-9-17-13-7-5-12(6-8-13)11-23(16,20)21/h5-8,17H,4,9-11H2,1-3H3,(H,18,19)(H2,16,20,21). The first-order valence-electron chi connectivity index (χ1n) is 7.35. The van der Waals surface area contributed by atoms with Gasteiger partial charge in [0.25, 0.3) is 0 Å². The molecule has 23 heavy (non-hydrogen) atoms. The first-order chi connectivity index (χ1) is 10.6. The van der Waals surface area contributed by atoms with E-state index in [4.69, 9.17) is 9.88 Å². The summed E-state index contributed by atoms with van der Waals surface area (Å²) in [5.41, 5.74) is 1.02. The summed E-state index contributed by atoms with van der Waals surface area (Å²) in [6.45, 7) is 6.62. The summed E-state index contributed by atoms with van der Waals surface area (Å²) in [5.74, 6) is -0.174. The van der Waals surface area contributed by atoms with Crippen LogP contribution in [0.1, 0.15) is 32.8 Å². The molecule has 130 valence electrons. The summed E-state index contributed by atoms with van der Waals surface area (Å²) < 4.78 is 27.1. The van der Waals surface area contributed by atoms with Crippen LogP contribution in [0.25, 0.3) is 0 Å². The molecule has 0 aromatic heterocycles. The van der Waals surface area contributed by atoms with E-state index in [-0.39, 0.29) is 5.75 Å². The predicted octanol–water partition coefficient (Wildman–Crippen LogP) is 1.80. The molecule has 0 saturated heterocycles. The molecule has 0 aliphatic rings. The fraction of sp³-hybridized carbons (Fsp3) is 0.533. The Balaban J connectivity index is 2.25. The van der Waals surface area contributed by atoms with Crippen molar-refractivity contribution in [2.45, 2.75) is 38.5 Å². The molecule has 7 nitrogen and oxygen atoms in total. The minimum absolute atomic E-state index is 0.174. The third-order valence-electron chi connectivity index (χ3n) is 2.67. The number of carbonyl (C=O) groups excluding carboxylic acids is 1. The van der Waals surface area contributed by atoms with E-state index in [0.717, 1.165) is 12.1 Å². The highest BCUT2D eigenvalue weighted by Gasteiger charge is 2.15. The van der Waals surface area contributed by atoms with Gasteiger partial charge in [-0.1, -0.05) is 12.1 Å². The summed E-state index contributed by atoms with van der Waals surface area (Å²) in [4.78, 5) is 11.4. The van der Waals surface area contributed by atoms with Crippen LogP contribution >= 0.6 is 0 Å². The Morgan fingerprint density at radius 1 is 1.17 bits per heavy atom.